The number of sulfonamides is 1. The Bertz CT molecular complexity index is 596. The van der Waals surface area contributed by atoms with Crippen LogP contribution < -0.4 is 10.0 Å². The molecular formula is C13H21N3O4S. The summed E-state index contributed by atoms with van der Waals surface area (Å²) in [5.41, 5.74) is 0.323. The van der Waals surface area contributed by atoms with Gasteiger partial charge in [0.1, 0.15) is 0 Å². The van der Waals surface area contributed by atoms with Gasteiger partial charge in [-0.1, -0.05) is 12.1 Å². The third kappa shape index (κ3) is 6.19. The number of nitro groups is 1. The molecule has 0 aromatic heterocycles. The van der Waals surface area contributed by atoms with Crippen molar-refractivity contribution in [3.05, 3.63) is 39.9 Å². The monoisotopic (exact) mass is 315 g/mol. The maximum Gasteiger partial charge on any atom is 0.269 e. The number of non-ortho nitro benzene ring substituents is 1. The summed E-state index contributed by atoms with van der Waals surface area (Å²) in [6.45, 7) is 5.91. The number of nitrogens with zero attached hydrogens (tertiary/aromatic N) is 1. The molecule has 21 heavy (non-hydrogen) atoms. The largest absolute Gasteiger partial charge is 0.308 e. The average Bonchev–Trinajstić information content (AvgIpc) is 2.33. The first-order valence-corrected chi connectivity index (χ1v) is 8.36. The predicted octanol–water partition coefficient (Wildman–Crippen LogP) is 1.57. The van der Waals surface area contributed by atoms with Gasteiger partial charge in [-0.2, -0.15) is 0 Å². The minimum atomic E-state index is -3.27. The lowest BCUT2D eigenvalue weighted by atomic mass is 10.0. The topological polar surface area (TPSA) is 101 Å². The first-order chi connectivity index (χ1) is 9.50. The Labute approximate surface area is 124 Å². The van der Waals surface area contributed by atoms with Crippen LogP contribution >= 0.6 is 0 Å². The molecule has 0 heterocycles. The maximum absolute atomic E-state index is 11.3. The van der Waals surface area contributed by atoms with Crippen molar-refractivity contribution in [2.24, 2.45) is 0 Å². The summed E-state index contributed by atoms with van der Waals surface area (Å²) in [7, 11) is -3.27. The molecule has 0 radical (unpaired) electrons. The smallest absolute Gasteiger partial charge is 0.269 e. The van der Waals surface area contributed by atoms with Gasteiger partial charge in [-0.05, 0) is 26.3 Å². The molecule has 0 aliphatic rings. The van der Waals surface area contributed by atoms with E-state index in [-0.39, 0.29) is 11.7 Å². The lowest BCUT2D eigenvalue weighted by Crippen LogP contribution is -2.50. The summed E-state index contributed by atoms with van der Waals surface area (Å²) in [6.07, 6.45) is 1.12. The molecule has 0 spiro atoms. The molecule has 0 saturated carbocycles. The molecule has 1 rings (SSSR count). The van der Waals surface area contributed by atoms with Gasteiger partial charge in [0.25, 0.3) is 5.69 Å². The Morgan fingerprint density at radius 2 is 1.81 bits per heavy atom. The zero-order valence-corrected chi connectivity index (χ0v) is 13.4. The number of rotatable bonds is 7. The van der Waals surface area contributed by atoms with Crippen LogP contribution in [0.15, 0.2) is 24.3 Å². The van der Waals surface area contributed by atoms with E-state index in [1.807, 2.05) is 6.92 Å². The molecule has 0 saturated heterocycles. The molecule has 0 aliphatic carbocycles. The quantitative estimate of drug-likeness (QED) is 0.587. The van der Waals surface area contributed by atoms with Gasteiger partial charge in [0.2, 0.25) is 10.0 Å². The normalized spacial score (nSPS) is 13.9. The number of benzene rings is 1. The van der Waals surface area contributed by atoms with E-state index in [9.17, 15) is 18.5 Å². The molecule has 1 aromatic carbocycles. The number of hydrogen-bond acceptors (Lipinski definition) is 5. The highest BCUT2D eigenvalue weighted by molar-refractivity contribution is 7.88. The third-order valence-corrected chi connectivity index (χ3v) is 3.84. The van der Waals surface area contributed by atoms with E-state index in [1.54, 1.807) is 26.0 Å². The van der Waals surface area contributed by atoms with Gasteiger partial charge in [0.05, 0.1) is 11.2 Å². The van der Waals surface area contributed by atoms with Crippen LogP contribution in [0.1, 0.15) is 32.4 Å². The summed E-state index contributed by atoms with van der Waals surface area (Å²) < 4.78 is 25.1. The Hall–Kier alpha value is -1.51. The van der Waals surface area contributed by atoms with E-state index in [4.69, 9.17) is 0 Å². The second-order valence-corrected chi connectivity index (χ2v) is 7.46. The van der Waals surface area contributed by atoms with Gasteiger partial charge in [-0.25, -0.2) is 13.1 Å². The van der Waals surface area contributed by atoms with Gasteiger partial charge in [0, 0.05) is 30.3 Å². The van der Waals surface area contributed by atoms with E-state index in [0.29, 0.717) is 6.54 Å². The molecule has 0 amide bonds. The highest BCUT2D eigenvalue weighted by atomic mass is 32.2. The fourth-order valence-electron chi connectivity index (χ4n) is 1.95. The van der Waals surface area contributed by atoms with Crippen LogP contribution in [-0.2, 0) is 10.0 Å². The average molecular weight is 315 g/mol. The lowest BCUT2D eigenvalue weighted by Gasteiger charge is -2.27. The molecule has 1 unspecified atom stereocenters. The Morgan fingerprint density at radius 3 is 2.24 bits per heavy atom. The molecule has 1 atom stereocenters. The summed E-state index contributed by atoms with van der Waals surface area (Å²) >= 11 is 0. The zero-order valence-electron chi connectivity index (χ0n) is 12.6. The lowest BCUT2D eigenvalue weighted by molar-refractivity contribution is -0.384. The number of nitrogens with one attached hydrogen (secondary N) is 2. The van der Waals surface area contributed by atoms with Gasteiger partial charge >= 0.3 is 0 Å². The molecule has 7 nitrogen and oxygen atoms in total. The first kappa shape index (κ1) is 17.5. The van der Waals surface area contributed by atoms with Crippen molar-refractivity contribution in [2.45, 2.75) is 32.4 Å². The molecule has 0 aliphatic heterocycles. The molecule has 8 heteroatoms. The van der Waals surface area contributed by atoms with Crippen molar-refractivity contribution in [3.8, 4) is 0 Å². The predicted molar refractivity (Wildman–Crippen MR) is 81.6 cm³/mol. The van der Waals surface area contributed by atoms with Crippen molar-refractivity contribution in [3.63, 3.8) is 0 Å². The number of hydrogen-bond donors (Lipinski definition) is 2. The third-order valence-electron chi connectivity index (χ3n) is 2.92. The van der Waals surface area contributed by atoms with Gasteiger partial charge in [-0.3, -0.25) is 10.1 Å². The highest BCUT2D eigenvalue weighted by Gasteiger charge is 2.22. The standard InChI is InChI=1S/C13H21N3O4S/c1-10(11-5-7-12(8-6-11)16(17)18)14-9-13(2,3)15-21(4,19)20/h5-8,10,14-15H,9H2,1-4H3. The van der Waals surface area contributed by atoms with Crippen molar-refractivity contribution < 1.29 is 13.3 Å². The van der Waals surface area contributed by atoms with Crippen LogP contribution in [0.2, 0.25) is 0 Å². The molecule has 0 fully saturated rings. The first-order valence-electron chi connectivity index (χ1n) is 6.47. The Morgan fingerprint density at radius 1 is 1.29 bits per heavy atom. The fourth-order valence-corrected chi connectivity index (χ4v) is 3.02. The Kier molecular flexibility index (Phi) is 5.43. The van der Waals surface area contributed by atoms with E-state index in [0.717, 1.165) is 11.8 Å². The molecule has 118 valence electrons. The van der Waals surface area contributed by atoms with Crippen molar-refractivity contribution in [2.75, 3.05) is 12.8 Å². The van der Waals surface area contributed by atoms with E-state index in [1.165, 1.54) is 12.1 Å². The van der Waals surface area contributed by atoms with E-state index >= 15 is 0 Å². The number of nitro benzene ring substituents is 1. The summed E-state index contributed by atoms with van der Waals surface area (Å²) in [5, 5.41) is 13.8. The van der Waals surface area contributed by atoms with Crippen LogP contribution in [0.5, 0.6) is 0 Å². The summed E-state index contributed by atoms with van der Waals surface area (Å²) in [6, 6.07) is 6.23. The summed E-state index contributed by atoms with van der Waals surface area (Å²) in [5.74, 6) is 0. The van der Waals surface area contributed by atoms with Crippen molar-refractivity contribution in [1.29, 1.82) is 0 Å². The SMILES string of the molecule is CC(NCC(C)(C)NS(C)(=O)=O)c1ccc([N+](=O)[O-])cc1. The minimum Gasteiger partial charge on any atom is -0.308 e. The molecule has 0 bridgehead atoms. The molecular weight excluding hydrogens is 294 g/mol. The van der Waals surface area contributed by atoms with E-state index in [2.05, 4.69) is 10.0 Å². The zero-order chi connectivity index (χ0) is 16.3. The molecule has 1 aromatic rings. The molecule has 2 N–H and O–H groups in total. The fraction of sp³-hybridized carbons (Fsp3) is 0.538. The Balaban J connectivity index is 2.65. The van der Waals surface area contributed by atoms with Crippen LogP contribution in [-0.4, -0.2) is 31.7 Å². The van der Waals surface area contributed by atoms with Crippen molar-refractivity contribution in [1.82, 2.24) is 10.0 Å². The maximum atomic E-state index is 11.3. The second kappa shape index (κ2) is 6.50. The van der Waals surface area contributed by atoms with Gasteiger partial charge in [-0.15, -0.1) is 0 Å². The van der Waals surface area contributed by atoms with Gasteiger partial charge in [0.15, 0.2) is 0 Å². The van der Waals surface area contributed by atoms with Gasteiger partial charge < -0.3 is 5.32 Å². The second-order valence-electron chi connectivity index (χ2n) is 5.71. The van der Waals surface area contributed by atoms with Crippen LogP contribution in [0.4, 0.5) is 5.69 Å². The summed E-state index contributed by atoms with van der Waals surface area (Å²) in [4.78, 5) is 10.2. The highest BCUT2D eigenvalue weighted by Crippen LogP contribution is 2.18. The minimum absolute atomic E-state index is 0.0463. The van der Waals surface area contributed by atoms with Crippen LogP contribution in [0.25, 0.3) is 0 Å². The van der Waals surface area contributed by atoms with Crippen LogP contribution in [0, 0.1) is 10.1 Å². The van der Waals surface area contributed by atoms with Crippen LogP contribution in [0.3, 0.4) is 0 Å². The van der Waals surface area contributed by atoms with Crippen molar-refractivity contribution >= 4 is 15.7 Å². The van der Waals surface area contributed by atoms with E-state index < -0.39 is 20.5 Å².